The molecule has 2 heterocycles. The number of hydrogen-bond acceptors (Lipinski definition) is 1. The molecule has 1 aromatic heterocycles. The van der Waals surface area contributed by atoms with E-state index in [4.69, 9.17) is 0 Å². The molecule has 1 saturated carbocycles. The third-order valence-corrected chi connectivity index (χ3v) is 5.14. The predicted molar refractivity (Wildman–Crippen MR) is 86.4 cm³/mol. The van der Waals surface area contributed by atoms with Crippen molar-refractivity contribution >= 4 is 5.91 Å². The van der Waals surface area contributed by atoms with Gasteiger partial charge < -0.3 is 9.47 Å². The van der Waals surface area contributed by atoms with E-state index in [2.05, 4.69) is 52.1 Å². The highest BCUT2D eigenvalue weighted by atomic mass is 16.2. The number of rotatable bonds is 2. The standard InChI is InChI=1S/C19H22N2O/c22-19(16-9-4-5-10-16)21-14-13-20-12-6-11-17(20)18(21)15-7-2-1-3-8-15/h1-3,6-8,11-12,16,18H,4-5,9-10,13-14H2. The van der Waals surface area contributed by atoms with Gasteiger partial charge in [0.1, 0.15) is 0 Å². The molecule has 0 spiro atoms. The predicted octanol–water partition coefficient (Wildman–Crippen LogP) is 3.61. The molecular formula is C19H22N2O. The molecule has 0 N–H and O–H groups in total. The number of amides is 1. The van der Waals surface area contributed by atoms with Gasteiger partial charge in [-0.3, -0.25) is 4.79 Å². The van der Waals surface area contributed by atoms with E-state index in [9.17, 15) is 4.79 Å². The first-order valence-electron chi connectivity index (χ1n) is 8.35. The molecule has 2 aliphatic rings. The van der Waals surface area contributed by atoms with E-state index in [1.807, 2.05) is 6.07 Å². The summed E-state index contributed by atoms with van der Waals surface area (Å²) in [6.45, 7) is 1.72. The van der Waals surface area contributed by atoms with Crippen LogP contribution in [0.5, 0.6) is 0 Å². The summed E-state index contributed by atoms with van der Waals surface area (Å²) in [5.74, 6) is 0.603. The van der Waals surface area contributed by atoms with Gasteiger partial charge in [0, 0.05) is 30.9 Å². The van der Waals surface area contributed by atoms with Crippen molar-refractivity contribution in [2.24, 2.45) is 5.92 Å². The highest BCUT2D eigenvalue weighted by Crippen LogP contribution is 2.36. The highest BCUT2D eigenvalue weighted by molar-refractivity contribution is 5.80. The lowest BCUT2D eigenvalue weighted by Gasteiger charge is -2.38. The molecule has 0 saturated heterocycles. The Kier molecular flexibility index (Phi) is 3.49. The quantitative estimate of drug-likeness (QED) is 0.830. The van der Waals surface area contributed by atoms with Crippen LogP contribution in [0.1, 0.15) is 43.0 Å². The second kappa shape index (κ2) is 5.64. The van der Waals surface area contributed by atoms with Crippen LogP contribution in [0, 0.1) is 5.92 Å². The van der Waals surface area contributed by atoms with E-state index in [0.717, 1.165) is 25.9 Å². The second-order valence-corrected chi connectivity index (χ2v) is 6.45. The SMILES string of the molecule is O=C(C1CCCC1)N1CCn2cccc2C1c1ccccc1. The van der Waals surface area contributed by atoms with Gasteiger partial charge in [-0.1, -0.05) is 43.2 Å². The molecular weight excluding hydrogens is 272 g/mol. The van der Waals surface area contributed by atoms with Crippen LogP contribution in [0.25, 0.3) is 0 Å². The van der Waals surface area contributed by atoms with Gasteiger partial charge in [-0.25, -0.2) is 0 Å². The molecule has 2 aromatic rings. The van der Waals surface area contributed by atoms with Crippen LogP contribution in [-0.4, -0.2) is 21.9 Å². The Labute approximate surface area is 131 Å². The lowest BCUT2D eigenvalue weighted by molar-refractivity contribution is -0.138. The van der Waals surface area contributed by atoms with E-state index < -0.39 is 0 Å². The molecule has 1 aliphatic carbocycles. The second-order valence-electron chi connectivity index (χ2n) is 6.45. The fourth-order valence-corrected chi connectivity index (χ4v) is 4.01. The summed E-state index contributed by atoms with van der Waals surface area (Å²) in [4.78, 5) is 15.2. The highest BCUT2D eigenvalue weighted by Gasteiger charge is 2.36. The minimum atomic E-state index is 0.0676. The average Bonchev–Trinajstić information content (AvgIpc) is 3.25. The van der Waals surface area contributed by atoms with E-state index in [1.165, 1.54) is 24.1 Å². The van der Waals surface area contributed by atoms with Crippen molar-refractivity contribution in [1.82, 2.24) is 9.47 Å². The van der Waals surface area contributed by atoms with Crippen molar-refractivity contribution in [2.75, 3.05) is 6.54 Å². The van der Waals surface area contributed by atoms with Gasteiger partial charge in [0.05, 0.1) is 6.04 Å². The van der Waals surface area contributed by atoms with Crippen LogP contribution < -0.4 is 0 Å². The van der Waals surface area contributed by atoms with Crippen molar-refractivity contribution in [3.8, 4) is 0 Å². The van der Waals surface area contributed by atoms with Gasteiger partial charge >= 0.3 is 0 Å². The van der Waals surface area contributed by atoms with Gasteiger partial charge in [-0.15, -0.1) is 0 Å². The molecule has 1 aromatic carbocycles. The minimum Gasteiger partial charge on any atom is -0.348 e. The molecule has 1 atom stereocenters. The largest absolute Gasteiger partial charge is 0.348 e. The van der Waals surface area contributed by atoms with E-state index in [1.54, 1.807) is 0 Å². The normalized spacial score (nSPS) is 21.8. The van der Waals surface area contributed by atoms with Crippen molar-refractivity contribution in [1.29, 1.82) is 0 Å². The molecule has 1 unspecified atom stereocenters. The smallest absolute Gasteiger partial charge is 0.226 e. The zero-order chi connectivity index (χ0) is 14.9. The molecule has 3 nitrogen and oxygen atoms in total. The molecule has 0 bridgehead atoms. The van der Waals surface area contributed by atoms with E-state index in [-0.39, 0.29) is 12.0 Å². The number of fused-ring (bicyclic) bond motifs is 1. The van der Waals surface area contributed by atoms with Crippen LogP contribution >= 0.6 is 0 Å². The molecule has 22 heavy (non-hydrogen) atoms. The number of carbonyl (C=O) groups is 1. The average molecular weight is 294 g/mol. The van der Waals surface area contributed by atoms with Gasteiger partial charge in [-0.2, -0.15) is 0 Å². The van der Waals surface area contributed by atoms with Crippen molar-refractivity contribution in [3.63, 3.8) is 0 Å². The van der Waals surface area contributed by atoms with Crippen LogP contribution in [0.2, 0.25) is 0 Å². The maximum Gasteiger partial charge on any atom is 0.226 e. The first kappa shape index (κ1) is 13.6. The lowest BCUT2D eigenvalue weighted by atomic mass is 9.97. The maximum atomic E-state index is 13.0. The number of nitrogens with zero attached hydrogens (tertiary/aromatic N) is 2. The fourth-order valence-electron chi connectivity index (χ4n) is 4.01. The molecule has 114 valence electrons. The van der Waals surface area contributed by atoms with Crippen LogP contribution in [0.15, 0.2) is 48.7 Å². The Morgan fingerprint density at radius 3 is 2.50 bits per heavy atom. The van der Waals surface area contributed by atoms with Crippen LogP contribution in [0.3, 0.4) is 0 Å². The van der Waals surface area contributed by atoms with Crippen molar-refractivity contribution < 1.29 is 4.79 Å². The molecule has 0 radical (unpaired) electrons. The van der Waals surface area contributed by atoms with Crippen LogP contribution in [0.4, 0.5) is 0 Å². The first-order valence-corrected chi connectivity index (χ1v) is 8.35. The maximum absolute atomic E-state index is 13.0. The summed E-state index contributed by atoms with van der Waals surface area (Å²) in [5.41, 5.74) is 2.46. The third-order valence-electron chi connectivity index (χ3n) is 5.14. The van der Waals surface area contributed by atoms with Gasteiger partial charge in [0.25, 0.3) is 0 Å². The van der Waals surface area contributed by atoms with Gasteiger partial charge in [-0.05, 0) is 30.5 Å². The Bertz CT molecular complexity index is 655. The Hall–Kier alpha value is -2.03. The molecule has 4 rings (SSSR count). The summed E-state index contributed by atoms with van der Waals surface area (Å²) in [5, 5.41) is 0. The molecule has 3 heteroatoms. The zero-order valence-corrected chi connectivity index (χ0v) is 12.8. The van der Waals surface area contributed by atoms with Gasteiger partial charge in [0.2, 0.25) is 5.91 Å². The Morgan fingerprint density at radius 1 is 0.955 bits per heavy atom. The monoisotopic (exact) mass is 294 g/mol. The van der Waals surface area contributed by atoms with E-state index >= 15 is 0 Å². The Balaban J connectivity index is 1.72. The van der Waals surface area contributed by atoms with Crippen molar-refractivity contribution in [2.45, 2.75) is 38.3 Å². The topological polar surface area (TPSA) is 25.2 Å². The zero-order valence-electron chi connectivity index (χ0n) is 12.8. The number of hydrogen-bond donors (Lipinski definition) is 0. The summed E-state index contributed by atoms with van der Waals surface area (Å²) in [7, 11) is 0. The summed E-state index contributed by atoms with van der Waals surface area (Å²) >= 11 is 0. The summed E-state index contributed by atoms with van der Waals surface area (Å²) < 4.78 is 2.29. The van der Waals surface area contributed by atoms with Gasteiger partial charge in [0.15, 0.2) is 0 Å². The molecule has 1 aliphatic heterocycles. The van der Waals surface area contributed by atoms with E-state index in [0.29, 0.717) is 5.91 Å². The Morgan fingerprint density at radius 2 is 1.73 bits per heavy atom. The number of aromatic nitrogens is 1. The number of benzene rings is 1. The fraction of sp³-hybridized carbons (Fsp3) is 0.421. The van der Waals surface area contributed by atoms with Crippen LogP contribution in [-0.2, 0) is 11.3 Å². The minimum absolute atomic E-state index is 0.0676. The third kappa shape index (κ3) is 2.25. The molecule has 1 amide bonds. The van der Waals surface area contributed by atoms with Crippen molar-refractivity contribution in [3.05, 3.63) is 59.9 Å². The first-order chi connectivity index (χ1) is 10.8. The summed E-state index contributed by atoms with van der Waals surface area (Å²) in [6, 6.07) is 14.8. The number of carbonyl (C=O) groups excluding carboxylic acids is 1. The summed E-state index contributed by atoms with van der Waals surface area (Å²) in [6.07, 6.45) is 6.67. The molecule has 1 fully saturated rings. The lowest BCUT2D eigenvalue weighted by Crippen LogP contribution is -2.44.